The molecule has 0 bridgehead atoms. The van der Waals surface area contributed by atoms with Crippen molar-refractivity contribution in [1.29, 1.82) is 0 Å². The number of ether oxygens (including phenoxy) is 1. The minimum absolute atomic E-state index is 0.393. The second-order valence-electron chi connectivity index (χ2n) is 3.84. The third-order valence-electron chi connectivity index (χ3n) is 2.42. The monoisotopic (exact) mass is 245 g/mol. The molecule has 1 heterocycles. The number of carbonyl (C=O) groups is 1. The SMILES string of the molecule is O=C(Nc1ccccc1)OCCCc1cn[nH]c1. The van der Waals surface area contributed by atoms with Gasteiger partial charge in [-0.15, -0.1) is 0 Å². The largest absolute Gasteiger partial charge is 0.449 e. The normalized spacial score (nSPS) is 10.0. The summed E-state index contributed by atoms with van der Waals surface area (Å²) < 4.78 is 5.06. The van der Waals surface area contributed by atoms with Crippen molar-refractivity contribution < 1.29 is 9.53 Å². The van der Waals surface area contributed by atoms with Crippen LogP contribution in [0.25, 0.3) is 0 Å². The van der Waals surface area contributed by atoms with Crippen molar-refractivity contribution in [2.75, 3.05) is 11.9 Å². The number of aromatic amines is 1. The Hall–Kier alpha value is -2.30. The molecular formula is C13H15N3O2. The second kappa shape index (κ2) is 6.44. The summed E-state index contributed by atoms with van der Waals surface area (Å²) in [5.74, 6) is 0. The Kier molecular flexibility index (Phi) is 4.35. The van der Waals surface area contributed by atoms with E-state index in [1.54, 1.807) is 6.20 Å². The number of aromatic nitrogens is 2. The van der Waals surface area contributed by atoms with Crippen molar-refractivity contribution in [3.63, 3.8) is 0 Å². The number of anilines is 1. The first-order valence-electron chi connectivity index (χ1n) is 5.81. The fourth-order valence-electron chi connectivity index (χ4n) is 1.53. The van der Waals surface area contributed by atoms with Crippen LogP contribution in [0.2, 0.25) is 0 Å². The highest BCUT2D eigenvalue weighted by molar-refractivity contribution is 5.84. The molecule has 0 radical (unpaired) electrons. The Morgan fingerprint density at radius 3 is 2.89 bits per heavy atom. The zero-order chi connectivity index (χ0) is 12.6. The molecule has 0 aliphatic carbocycles. The number of para-hydroxylation sites is 1. The first-order valence-corrected chi connectivity index (χ1v) is 5.81. The van der Waals surface area contributed by atoms with Crippen LogP contribution in [-0.2, 0) is 11.2 Å². The van der Waals surface area contributed by atoms with Gasteiger partial charge in [0.25, 0.3) is 0 Å². The van der Waals surface area contributed by atoms with Gasteiger partial charge in [-0.2, -0.15) is 5.10 Å². The average molecular weight is 245 g/mol. The first-order chi connectivity index (χ1) is 8.84. The van der Waals surface area contributed by atoms with Crippen molar-refractivity contribution >= 4 is 11.8 Å². The number of nitrogens with one attached hydrogen (secondary N) is 2. The number of nitrogens with zero attached hydrogens (tertiary/aromatic N) is 1. The molecule has 0 unspecified atom stereocenters. The molecule has 0 atom stereocenters. The molecule has 0 aliphatic rings. The standard InChI is InChI=1S/C13H15N3O2/c17-13(16-12-6-2-1-3-7-12)18-8-4-5-11-9-14-15-10-11/h1-3,6-7,9-10H,4-5,8H2,(H,14,15)(H,16,17). The molecule has 5 heteroatoms. The maximum Gasteiger partial charge on any atom is 0.411 e. The zero-order valence-electron chi connectivity index (χ0n) is 9.93. The van der Waals surface area contributed by atoms with E-state index < -0.39 is 6.09 Å². The minimum Gasteiger partial charge on any atom is -0.449 e. The Morgan fingerprint density at radius 1 is 1.33 bits per heavy atom. The molecule has 2 aromatic rings. The highest BCUT2D eigenvalue weighted by Gasteiger charge is 2.02. The average Bonchev–Trinajstić information content (AvgIpc) is 2.89. The second-order valence-corrected chi connectivity index (χ2v) is 3.84. The lowest BCUT2D eigenvalue weighted by atomic mass is 10.2. The molecule has 0 aliphatic heterocycles. The van der Waals surface area contributed by atoms with E-state index >= 15 is 0 Å². The molecule has 5 nitrogen and oxygen atoms in total. The van der Waals surface area contributed by atoms with E-state index in [9.17, 15) is 4.79 Å². The van der Waals surface area contributed by atoms with Crippen molar-refractivity contribution in [1.82, 2.24) is 10.2 Å². The smallest absolute Gasteiger partial charge is 0.411 e. The summed E-state index contributed by atoms with van der Waals surface area (Å²) in [5, 5.41) is 9.24. The Morgan fingerprint density at radius 2 is 2.17 bits per heavy atom. The number of benzene rings is 1. The van der Waals surface area contributed by atoms with Crippen LogP contribution in [0.3, 0.4) is 0 Å². The Labute approximate surface area is 105 Å². The van der Waals surface area contributed by atoms with Gasteiger partial charge in [-0.1, -0.05) is 18.2 Å². The van der Waals surface area contributed by atoms with Crippen molar-refractivity contribution in [3.8, 4) is 0 Å². The van der Waals surface area contributed by atoms with E-state index in [0.29, 0.717) is 6.61 Å². The van der Waals surface area contributed by atoms with Crippen LogP contribution < -0.4 is 5.32 Å². The van der Waals surface area contributed by atoms with Crippen molar-refractivity contribution in [2.45, 2.75) is 12.8 Å². The summed E-state index contributed by atoms with van der Waals surface area (Å²) in [6, 6.07) is 9.23. The number of hydrogen-bond acceptors (Lipinski definition) is 3. The van der Waals surface area contributed by atoms with Gasteiger partial charge in [0, 0.05) is 11.9 Å². The van der Waals surface area contributed by atoms with E-state index in [-0.39, 0.29) is 0 Å². The van der Waals surface area contributed by atoms with Gasteiger partial charge >= 0.3 is 6.09 Å². The molecule has 0 saturated heterocycles. The lowest BCUT2D eigenvalue weighted by Gasteiger charge is -2.06. The minimum atomic E-state index is -0.423. The van der Waals surface area contributed by atoms with Crippen molar-refractivity contribution in [3.05, 3.63) is 48.3 Å². The highest BCUT2D eigenvalue weighted by Crippen LogP contribution is 2.05. The molecule has 2 N–H and O–H groups in total. The van der Waals surface area contributed by atoms with E-state index in [4.69, 9.17) is 4.74 Å². The summed E-state index contributed by atoms with van der Waals surface area (Å²) >= 11 is 0. The van der Waals surface area contributed by atoms with E-state index in [1.165, 1.54) is 0 Å². The fraction of sp³-hybridized carbons (Fsp3) is 0.231. The van der Waals surface area contributed by atoms with E-state index in [2.05, 4.69) is 15.5 Å². The van der Waals surface area contributed by atoms with Crippen LogP contribution in [0.1, 0.15) is 12.0 Å². The molecule has 0 spiro atoms. The molecule has 18 heavy (non-hydrogen) atoms. The first kappa shape index (κ1) is 12.2. The predicted molar refractivity (Wildman–Crippen MR) is 68.3 cm³/mol. The summed E-state index contributed by atoms with van der Waals surface area (Å²) in [6.07, 6.45) is 4.80. The molecular weight excluding hydrogens is 230 g/mol. The number of amides is 1. The number of rotatable bonds is 5. The number of H-pyrrole nitrogens is 1. The van der Waals surface area contributed by atoms with Crippen LogP contribution in [0, 0.1) is 0 Å². The number of carbonyl (C=O) groups excluding carboxylic acids is 1. The molecule has 0 saturated carbocycles. The third kappa shape index (κ3) is 3.93. The molecule has 94 valence electrons. The van der Waals surface area contributed by atoms with Crippen LogP contribution in [0.15, 0.2) is 42.7 Å². The summed E-state index contributed by atoms with van der Waals surface area (Å²) in [4.78, 5) is 11.4. The van der Waals surface area contributed by atoms with Crippen LogP contribution in [-0.4, -0.2) is 22.9 Å². The molecule has 1 aromatic heterocycles. The quantitative estimate of drug-likeness (QED) is 0.795. The molecule has 1 amide bonds. The van der Waals surface area contributed by atoms with Gasteiger partial charge in [-0.3, -0.25) is 10.4 Å². The fourth-order valence-corrected chi connectivity index (χ4v) is 1.53. The number of aryl methyl sites for hydroxylation is 1. The lowest BCUT2D eigenvalue weighted by molar-refractivity contribution is 0.160. The van der Waals surface area contributed by atoms with E-state index in [0.717, 1.165) is 24.1 Å². The van der Waals surface area contributed by atoms with Crippen LogP contribution >= 0.6 is 0 Å². The van der Waals surface area contributed by atoms with Gasteiger partial charge in [0.1, 0.15) is 0 Å². The Balaban J connectivity index is 1.63. The van der Waals surface area contributed by atoms with Gasteiger partial charge in [-0.25, -0.2) is 4.79 Å². The Bertz CT molecular complexity index is 468. The lowest BCUT2D eigenvalue weighted by Crippen LogP contribution is -2.14. The highest BCUT2D eigenvalue weighted by atomic mass is 16.5. The molecule has 0 fully saturated rings. The van der Waals surface area contributed by atoms with Gasteiger partial charge in [-0.05, 0) is 30.5 Å². The summed E-state index contributed by atoms with van der Waals surface area (Å²) in [5.41, 5.74) is 1.85. The maximum atomic E-state index is 11.4. The van der Waals surface area contributed by atoms with Gasteiger partial charge in [0.05, 0.1) is 12.8 Å². The van der Waals surface area contributed by atoms with E-state index in [1.807, 2.05) is 36.5 Å². The van der Waals surface area contributed by atoms with Crippen molar-refractivity contribution in [2.24, 2.45) is 0 Å². The van der Waals surface area contributed by atoms with Crippen LogP contribution in [0.5, 0.6) is 0 Å². The molecule has 2 rings (SSSR count). The third-order valence-corrected chi connectivity index (χ3v) is 2.42. The molecule has 1 aromatic carbocycles. The summed E-state index contributed by atoms with van der Waals surface area (Å²) in [7, 11) is 0. The zero-order valence-corrected chi connectivity index (χ0v) is 9.93. The summed E-state index contributed by atoms with van der Waals surface area (Å²) in [6.45, 7) is 0.393. The van der Waals surface area contributed by atoms with Gasteiger partial charge in [0.15, 0.2) is 0 Å². The predicted octanol–water partition coefficient (Wildman–Crippen LogP) is 2.59. The topological polar surface area (TPSA) is 67.0 Å². The maximum absolute atomic E-state index is 11.4. The van der Waals surface area contributed by atoms with Crippen LogP contribution in [0.4, 0.5) is 10.5 Å². The van der Waals surface area contributed by atoms with Gasteiger partial charge in [0.2, 0.25) is 0 Å². The van der Waals surface area contributed by atoms with Gasteiger partial charge < -0.3 is 4.74 Å². The number of hydrogen-bond donors (Lipinski definition) is 2.